The summed E-state index contributed by atoms with van der Waals surface area (Å²) in [5, 5.41) is 0. The highest BCUT2D eigenvalue weighted by Gasteiger charge is 2.38. The van der Waals surface area contributed by atoms with Crippen LogP contribution in [0.5, 0.6) is 5.75 Å². The third-order valence-electron chi connectivity index (χ3n) is 2.98. The maximum atomic E-state index is 13.3. The van der Waals surface area contributed by atoms with Crippen LogP contribution in [0.4, 0.5) is 13.2 Å². The minimum absolute atomic E-state index is 0.0193. The maximum absolute atomic E-state index is 13.3. The summed E-state index contributed by atoms with van der Waals surface area (Å²) in [5.74, 6) is -1.65. The zero-order valence-electron chi connectivity index (χ0n) is 12.0. The van der Waals surface area contributed by atoms with Gasteiger partial charge in [-0.3, -0.25) is 9.36 Å². The number of carbonyl (C=O) groups is 1. The Bertz CT molecular complexity index is 922. The summed E-state index contributed by atoms with van der Waals surface area (Å²) < 4.78 is 46.1. The Kier molecular flexibility index (Phi) is 3.99. The molecule has 0 unspecified atom stereocenters. The van der Waals surface area contributed by atoms with Crippen molar-refractivity contribution in [3.63, 3.8) is 0 Å². The number of aromatic nitrogens is 4. The van der Waals surface area contributed by atoms with E-state index in [1.165, 1.54) is 37.5 Å². The maximum Gasteiger partial charge on any atom is 0.450 e. The number of imidazole rings is 1. The molecule has 0 spiro atoms. The molecule has 0 aliphatic carbocycles. The second kappa shape index (κ2) is 5.86. The van der Waals surface area contributed by atoms with Crippen molar-refractivity contribution in [2.45, 2.75) is 13.1 Å². The first-order valence-corrected chi connectivity index (χ1v) is 7.31. The van der Waals surface area contributed by atoms with Crippen LogP contribution in [0.2, 0.25) is 0 Å². The Hall–Kier alpha value is -2.49. The van der Waals surface area contributed by atoms with Gasteiger partial charge < -0.3 is 4.74 Å². The Labute approximate surface area is 141 Å². The fourth-order valence-electron chi connectivity index (χ4n) is 2.13. The van der Waals surface area contributed by atoms with E-state index in [0.29, 0.717) is 4.60 Å². The van der Waals surface area contributed by atoms with Crippen molar-refractivity contribution in [3.8, 4) is 11.6 Å². The predicted molar refractivity (Wildman–Crippen MR) is 80.7 cm³/mol. The highest BCUT2D eigenvalue weighted by molar-refractivity contribution is 9.10. The second-order valence-electron chi connectivity index (χ2n) is 4.71. The lowest BCUT2D eigenvalue weighted by atomic mass is 10.3. The van der Waals surface area contributed by atoms with E-state index in [1.54, 1.807) is 0 Å². The van der Waals surface area contributed by atoms with Crippen molar-refractivity contribution in [1.82, 2.24) is 19.5 Å². The fraction of sp³-hybridized carbons (Fsp3) is 0.143. The molecule has 3 rings (SSSR count). The van der Waals surface area contributed by atoms with Crippen LogP contribution < -0.4 is 4.74 Å². The van der Waals surface area contributed by atoms with E-state index in [9.17, 15) is 18.0 Å². The largest absolute Gasteiger partial charge is 0.450 e. The molecule has 0 fully saturated rings. The Morgan fingerprint density at radius 3 is 2.58 bits per heavy atom. The van der Waals surface area contributed by atoms with Crippen LogP contribution in [0.3, 0.4) is 0 Å². The number of fused-ring (bicyclic) bond motifs is 1. The van der Waals surface area contributed by atoms with E-state index in [-0.39, 0.29) is 22.6 Å². The second-order valence-corrected chi connectivity index (χ2v) is 5.52. The van der Waals surface area contributed by atoms with Gasteiger partial charge in [0.05, 0.1) is 23.4 Å². The number of hydrogen-bond donors (Lipinski definition) is 0. The van der Waals surface area contributed by atoms with Crippen molar-refractivity contribution in [3.05, 3.63) is 41.0 Å². The Morgan fingerprint density at radius 2 is 2.00 bits per heavy atom. The van der Waals surface area contributed by atoms with E-state index in [2.05, 4.69) is 30.9 Å². The molecule has 0 amide bonds. The zero-order valence-corrected chi connectivity index (χ0v) is 13.6. The fourth-order valence-corrected chi connectivity index (χ4v) is 2.34. The van der Waals surface area contributed by atoms with Gasteiger partial charge in [-0.05, 0) is 28.1 Å². The minimum Gasteiger partial charge on any atom is -0.427 e. The van der Waals surface area contributed by atoms with E-state index < -0.39 is 18.0 Å². The first-order chi connectivity index (χ1) is 11.3. The van der Waals surface area contributed by atoms with Crippen molar-refractivity contribution in [2.75, 3.05) is 0 Å². The van der Waals surface area contributed by atoms with Crippen molar-refractivity contribution < 1.29 is 22.7 Å². The van der Waals surface area contributed by atoms with Crippen LogP contribution in [0, 0.1) is 0 Å². The van der Waals surface area contributed by atoms with Gasteiger partial charge in [-0.2, -0.15) is 13.2 Å². The zero-order chi connectivity index (χ0) is 17.5. The quantitative estimate of drug-likeness (QED) is 0.486. The first kappa shape index (κ1) is 16.4. The highest BCUT2D eigenvalue weighted by Crippen LogP contribution is 2.34. The topological polar surface area (TPSA) is 69.9 Å². The average Bonchev–Trinajstić information content (AvgIpc) is 2.86. The van der Waals surface area contributed by atoms with Gasteiger partial charge in [-0.25, -0.2) is 15.0 Å². The lowest BCUT2D eigenvalue weighted by molar-refractivity contribution is -0.145. The van der Waals surface area contributed by atoms with Gasteiger partial charge in [0, 0.05) is 13.0 Å². The number of nitrogens with zero attached hydrogens (tertiary/aromatic N) is 4. The lowest BCUT2D eigenvalue weighted by Crippen LogP contribution is -2.14. The molecule has 0 atom stereocenters. The summed E-state index contributed by atoms with van der Waals surface area (Å²) >= 11 is 3.08. The summed E-state index contributed by atoms with van der Waals surface area (Å²) in [5.41, 5.74) is 0.181. The molecule has 124 valence electrons. The normalized spacial score (nSPS) is 11.7. The van der Waals surface area contributed by atoms with E-state index in [1.807, 2.05) is 0 Å². The van der Waals surface area contributed by atoms with E-state index in [0.717, 1.165) is 4.57 Å². The summed E-state index contributed by atoms with van der Waals surface area (Å²) in [6.07, 6.45) is -2.22. The first-order valence-electron chi connectivity index (χ1n) is 6.52. The number of benzene rings is 1. The number of alkyl halides is 3. The van der Waals surface area contributed by atoms with Gasteiger partial charge in [0.15, 0.2) is 5.82 Å². The standard InChI is InChI=1S/C14H8BrF3N4O2/c1-7(23)24-8-2-3-10-9(4-8)21-13(14(16,17)18)22(10)12-6-19-11(15)5-20-12/h2-6H,1H3. The molecule has 0 aliphatic heterocycles. The van der Waals surface area contributed by atoms with Crippen LogP contribution in [-0.4, -0.2) is 25.5 Å². The van der Waals surface area contributed by atoms with Crippen LogP contribution in [0.25, 0.3) is 16.9 Å². The van der Waals surface area contributed by atoms with Gasteiger partial charge in [0.2, 0.25) is 5.82 Å². The molecule has 0 aliphatic rings. The van der Waals surface area contributed by atoms with Crippen LogP contribution >= 0.6 is 15.9 Å². The third kappa shape index (κ3) is 3.09. The molecular formula is C14H8BrF3N4O2. The summed E-state index contributed by atoms with van der Waals surface area (Å²) in [4.78, 5) is 22.4. The lowest BCUT2D eigenvalue weighted by Gasteiger charge is -2.10. The van der Waals surface area contributed by atoms with Gasteiger partial charge in [-0.1, -0.05) is 0 Å². The molecule has 10 heteroatoms. The molecule has 0 N–H and O–H groups in total. The third-order valence-corrected chi connectivity index (χ3v) is 3.39. The molecule has 24 heavy (non-hydrogen) atoms. The minimum atomic E-state index is -4.70. The number of esters is 1. The molecule has 2 aromatic heterocycles. The SMILES string of the molecule is CC(=O)Oc1ccc2c(c1)nc(C(F)(F)F)n2-c1cnc(Br)cn1. The van der Waals surface area contributed by atoms with Gasteiger partial charge >= 0.3 is 12.1 Å². The number of ether oxygens (including phenoxy) is 1. The Balaban J connectivity index is 2.24. The summed E-state index contributed by atoms with van der Waals surface area (Å²) in [6, 6.07) is 4.02. The van der Waals surface area contributed by atoms with Crippen LogP contribution in [-0.2, 0) is 11.0 Å². The molecule has 1 aromatic carbocycles. The van der Waals surface area contributed by atoms with Gasteiger partial charge in [0.25, 0.3) is 0 Å². The van der Waals surface area contributed by atoms with Crippen molar-refractivity contribution in [2.24, 2.45) is 0 Å². The molecule has 0 saturated heterocycles. The smallest absolute Gasteiger partial charge is 0.427 e. The van der Waals surface area contributed by atoms with Gasteiger partial charge in [0.1, 0.15) is 10.4 Å². The monoisotopic (exact) mass is 400 g/mol. The van der Waals surface area contributed by atoms with E-state index in [4.69, 9.17) is 4.74 Å². The average molecular weight is 401 g/mol. The molecule has 2 heterocycles. The summed E-state index contributed by atoms with van der Waals surface area (Å²) in [6.45, 7) is 1.20. The Morgan fingerprint density at radius 1 is 1.25 bits per heavy atom. The van der Waals surface area contributed by atoms with Crippen LogP contribution in [0.15, 0.2) is 35.2 Å². The molecule has 3 aromatic rings. The van der Waals surface area contributed by atoms with E-state index >= 15 is 0 Å². The molecule has 0 bridgehead atoms. The van der Waals surface area contributed by atoms with Crippen molar-refractivity contribution >= 4 is 32.9 Å². The molecule has 0 radical (unpaired) electrons. The number of carbonyl (C=O) groups excluding carboxylic acids is 1. The van der Waals surface area contributed by atoms with Gasteiger partial charge in [-0.15, -0.1) is 0 Å². The number of rotatable bonds is 2. The summed E-state index contributed by atoms with van der Waals surface area (Å²) in [7, 11) is 0. The number of halogens is 4. The van der Waals surface area contributed by atoms with Crippen molar-refractivity contribution in [1.29, 1.82) is 0 Å². The highest BCUT2D eigenvalue weighted by atomic mass is 79.9. The molecule has 0 saturated carbocycles. The number of hydrogen-bond acceptors (Lipinski definition) is 5. The predicted octanol–water partition coefficient (Wildman–Crippen LogP) is 3.52. The molecule has 6 nitrogen and oxygen atoms in total. The van der Waals surface area contributed by atoms with Crippen LogP contribution in [0.1, 0.15) is 12.7 Å². The molecular weight excluding hydrogens is 393 g/mol.